The molecule has 6 heteroatoms. The maximum absolute atomic E-state index is 12.0. The van der Waals surface area contributed by atoms with Gasteiger partial charge in [-0.3, -0.25) is 4.98 Å². The summed E-state index contributed by atoms with van der Waals surface area (Å²) in [5.74, 6) is 0.150. The van der Waals surface area contributed by atoms with Crippen molar-refractivity contribution in [2.45, 2.75) is 11.9 Å². The normalized spacial score (nSPS) is 11.7. The van der Waals surface area contributed by atoms with Gasteiger partial charge in [-0.2, -0.15) is 25.8 Å². The lowest BCUT2D eigenvalue weighted by atomic mass is 10.4. The van der Waals surface area contributed by atoms with E-state index in [0.717, 1.165) is 0 Å². The predicted octanol–water partition coefficient (Wildman–Crippen LogP) is 1.93. The van der Waals surface area contributed by atoms with Crippen LogP contribution in [0.2, 0.25) is 0 Å². The Bertz CT molecular complexity index is 274. The molecular weight excluding hydrogens is 189 g/mol. The van der Waals surface area contributed by atoms with Gasteiger partial charge in [0.05, 0.1) is 11.9 Å². The van der Waals surface area contributed by atoms with Gasteiger partial charge in [0.1, 0.15) is 0 Å². The summed E-state index contributed by atoms with van der Waals surface area (Å²) in [6.07, 6.45) is -2.48. The monoisotopic (exact) mass is 194 g/mol. The zero-order valence-corrected chi connectivity index (χ0v) is 6.73. The summed E-state index contributed by atoms with van der Waals surface area (Å²) in [4.78, 5) is 6.69. The van der Waals surface area contributed by atoms with Crippen LogP contribution in [0.1, 0.15) is 11.4 Å². The molecule has 0 aliphatic rings. The fraction of sp³-hybridized carbons (Fsp3) is 0.333. The van der Waals surface area contributed by atoms with E-state index in [1.165, 1.54) is 6.20 Å². The van der Waals surface area contributed by atoms with Crippen LogP contribution in [-0.4, -0.2) is 9.97 Å². The number of alkyl halides is 3. The van der Waals surface area contributed by atoms with Gasteiger partial charge in [-0.25, -0.2) is 4.98 Å². The van der Waals surface area contributed by atoms with Crippen molar-refractivity contribution in [3.05, 3.63) is 23.8 Å². The van der Waals surface area contributed by atoms with Gasteiger partial charge in [-0.1, -0.05) is 0 Å². The molecule has 0 aromatic carbocycles. The molecule has 0 N–H and O–H groups in total. The predicted molar refractivity (Wildman–Crippen MR) is 39.7 cm³/mol. The Morgan fingerprint density at radius 2 is 2.00 bits per heavy atom. The highest BCUT2D eigenvalue weighted by Gasteiger charge is 2.32. The maximum Gasteiger partial charge on any atom is 0.434 e. The minimum atomic E-state index is -4.42. The topological polar surface area (TPSA) is 25.8 Å². The highest BCUT2D eigenvalue weighted by Crippen LogP contribution is 2.26. The number of nitrogens with zero attached hydrogens (tertiary/aromatic N) is 2. The van der Waals surface area contributed by atoms with Gasteiger partial charge >= 0.3 is 6.18 Å². The first kappa shape index (κ1) is 9.31. The summed E-state index contributed by atoms with van der Waals surface area (Å²) in [7, 11) is 0. The lowest BCUT2D eigenvalue weighted by Crippen LogP contribution is -2.09. The second-order valence-corrected chi connectivity index (χ2v) is 2.37. The molecule has 0 saturated carbocycles. The van der Waals surface area contributed by atoms with Crippen molar-refractivity contribution in [3.8, 4) is 0 Å². The molecule has 0 spiro atoms. The first-order valence-electron chi connectivity index (χ1n) is 3.03. The molecule has 0 saturated heterocycles. The molecule has 66 valence electrons. The van der Waals surface area contributed by atoms with Crippen LogP contribution < -0.4 is 0 Å². The molecule has 0 radical (unpaired) electrons. The molecule has 0 fully saturated rings. The minimum Gasteiger partial charge on any atom is -0.261 e. The van der Waals surface area contributed by atoms with E-state index in [1.807, 2.05) is 0 Å². The Balaban J connectivity index is 3.02. The Hall–Kier alpha value is -0.780. The first-order valence-corrected chi connectivity index (χ1v) is 3.66. The molecular formula is C6H5F3N2S. The van der Waals surface area contributed by atoms with Gasteiger partial charge in [-0.15, -0.1) is 0 Å². The molecule has 1 aromatic rings. The second kappa shape index (κ2) is 3.30. The number of halogens is 3. The first-order chi connectivity index (χ1) is 5.54. The molecule has 12 heavy (non-hydrogen) atoms. The van der Waals surface area contributed by atoms with E-state index in [4.69, 9.17) is 0 Å². The largest absolute Gasteiger partial charge is 0.434 e. The summed E-state index contributed by atoms with van der Waals surface area (Å²) in [5, 5.41) is 0. The van der Waals surface area contributed by atoms with Gasteiger partial charge in [0, 0.05) is 11.9 Å². The summed E-state index contributed by atoms with van der Waals surface area (Å²) in [6.45, 7) is 0. The van der Waals surface area contributed by atoms with Crippen molar-refractivity contribution in [3.63, 3.8) is 0 Å². The number of rotatable bonds is 1. The van der Waals surface area contributed by atoms with Crippen LogP contribution in [0.15, 0.2) is 12.4 Å². The third-order valence-electron chi connectivity index (χ3n) is 1.14. The third-order valence-corrected chi connectivity index (χ3v) is 1.46. The number of hydrogen-bond donors (Lipinski definition) is 1. The highest BCUT2D eigenvalue weighted by molar-refractivity contribution is 7.79. The van der Waals surface area contributed by atoms with Crippen LogP contribution in [0.25, 0.3) is 0 Å². The van der Waals surface area contributed by atoms with Crippen molar-refractivity contribution >= 4 is 12.6 Å². The molecule has 0 amide bonds. The fourth-order valence-electron chi connectivity index (χ4n) is 0.619. The quantitative estimate of drug-likeness (QED) is 0.691. The SMILES string of the molecule is FC(F)(F)c1cncc(CS)n1. The maximum atomic E-state index is 12.0. The van der Waals surface area contributed by atoms with Crippen molar-refractivity contribution in [1.29, 1.82) is 0 Å². The molecule has 0 unspecified atom stereocenters. The van der Waals surface area contributed by atoms with Gasteiger partial charge in [0.25, 0.3) is 0 Å². The Morgan fingerprint density at radius 3 is 2.50 bits per heavy atom. The number of hydrogen-bond acceptors (Lipinski definition) is 3. The zero-order valence-electron chi connectivity index (χ0n) is 5.84. The lowest BCUT2D eigenvalue weighted by Gasteiger charge is -2.04. The molecule has 2 nitrogen and oxygen atoms in total. The fourth-order valence-corrected chi connectivity index (χ4v) is 0.771. The molecule has 0 aliphatic heterocycles. The van der Waals surface area contributed by atoms with Crippen LogP contribution in [0.4, 0.5) is 13.2 Å². The van der Waals surface area contributed by atoms with Crippen LogP contribution in [-0.2, 0) is 11.9 Å². The van der Waals surface area contributed by atoms with E-state index >= 15 is 0 Å². The molecule has 1 heterocycles. The molecule has 0 bridgehead atoms. The summed E-state index contributed by atoms with van der Waals surface area (Å²) >= 11 is 3.78. The van der Waals surface area contributed by atoms with Crippen molar-refractivity contribution in [2.75, 3.05) is 0 Å². The van der Waals surface area contributed by atoms with Crippen LogP contribution >= 0.6 is 12.6 Å². The van der Waals surface area contributed by atoms with E-state index in [0.29, 0.717) is 6.20 Å². The average Bonchev–Trinajstić information content (AvgIpc) is 2.03. The average molecular weight is 194 g/mol. The number of aromatic nitrogens is 2. The van der Waals surface area contributed by atoms with Crippen molar-refractivity contribution in [1.82, 2.24) is 9.97 Å². The van der Waals surface area contributed by atoms with E-state index in [9.17, 15) is 13.2 Å². The number of thiol groups is 1. The van der Waals surface area contributed by atoms with Crippen LogP contribution in [0.5, 0.6) is 0 Å². The lowest BCUT2D eigenvalue weighted by molar-refractivity contribution is -0.141. The van der Waals surface area contributed by atoms with Crippen LogP contribution in [0.3, 0.4) is 0 Å². The smallest absolute Gasteiger partial charge is 0.261 e. The molecule has 1 rings (SSSR count). The molecule has 1 aromatic heterocycles. The Labute approximate surface area is 72.3 Å². The summed E-state index contributed by atoms with van der Waals surface area (Å²) in [5.41, 5.74) is -0.762. The zero-order chi connectivity index (χ0) is 9.19. The van der Waals surface area contributed by atoms with Gasteiger partial charge in [0.15, 0.2) is 5.69 Å². The highest BCUT2D eigenvalue weighted by atomic mass is 32.1. The van der Waals surface area contributed by atoms with E-state index in [2.05, 4.69) is 22.6 Å². The van der Waals surface area contributed by atoms with E-state index in [1.54, 1.807) is 0 Å². The minimum absolute atomic E-state index is 0.150. The molecule has 0 atom stereocenters. The second-order valence-electron chi connectivity index (χ2n) is 2.05. The summed E-state index contributed by atoms with van der Waals surface area (Å²) < 4.78 is 35.9. The van der Waals surface area contributed by atoms with Gasteiger partial charge in [0.2, 0.25) is 0 Å². The van der Waals surface area contributed by atoms with E-state index < -0.39 is 11.9 Å². The molecule has 0 aliphatic carbocycles. The van der Waals surface area contributed by atoms with Gasteiger partial charge < -0.3 is 0 Å². The van der Waals surface area contributed by atoms with Gasteiger partial charge in [-0.05, 0) is 0 Å². The Morgan fingerprint density at radius 1 is 1.33 bits per heavy atom. The van der Waals surface area contributed by atoms with Crippen molar-refractivity contribution < 1.29 is 13.2 Å². The third kappa shape index (κ3) is 2.10. The Kier molecular flexibility index (Phi) is 2.56. The van der Waals surface area contributed by atoms with Crippen molar-refractivity contribution in [2.24, 2.45) is 0 Å². The standard InChI is InChI=1S/C6H5F3N2S/c7-6(8,9)5-2-10-1-4(3-12)11-5/h1-2,12H,3H2. The van der Waals surface area contributed by atoms with E-state index in [-0.39, 0.29) is 11.4 Å². The van der Waals surface area contributed by atoms with Crippen LogP contribution in [0, 0.1) is 0 Å². The summed E-state index contributed by atoms with van der Waals surface area (Å²) in [6, 6.07) is 0.